The monoisotopic (exact) mass is 391 g/mol. The van der Waals surface area contributed by atoms with E-state index in [0.717, 1.165) is 11.1 Å². The van der Waals surface area contributed by atoms with Crippen molar-refractivity contribution in [2.75, 3.05) is 21.3 Å². The van der Waals surface area contributed by atoms with E-state index in [4.69, 9.17) is 19.2 Å². The van der Waals surface area contributed by atoms with Crippen molar-refractivity contribution in [3.05, 3.63) is 66.7 Å². The van der Waals surface area contributed by atoms with E-state index in [9.17, 15) is 9.90 Å². The summed E-state index contributed by atoms with van der Waals surface area (Å²) in [5.41, 5.74) is 3.58. The third-order valence-electron chi connectivity index (χ3n) is 4.47. The molecule has 148 valence electrons. The number of aliphatic carboxylic acids is 1. The van der Waals surface area contributed by atoms with Crippen LogP contribution in [0.3, 0.4) is 0 Å². The molecule has 0 spiro atoms. The van der Waals surface area contributed by atoms with Crippen molar-refractivity contribution in [2.24, 2.45) is 0 Å². The van der Waals surface area contributed by atoms with Crippen LogP contribution in [-0.4, -0.2) is 37.4 Å². The molecule has 0 saturated heterocycles. The smallest absolute Gasteiger partial charge is 0.335 e. The molecule has 2 aromatic carbocycles. The lowest BCUT2D eigenvalue weighted by atomic mass is 10.0. The van der Waals surface area contributed by atoms with E-state index in [0.29, 0.717) is 34.2 Å². The number of methoxy groups -OCH3 is 3. The van der Waals surface area contributed by atoms with Crippen molar-refractivity contribution in [2.45, 2.75) is 0 Å². The third kappa shape index (κ3) is 4.06. The SMILES string of the molecule is C=C(C(=O)O)c1cccc(-c2cccc(-c3cc(OC)c(OC)c(OC)c3)n2)c1. The Bertz CT molecular complexity index is 1050. The molecule has 0 radical (unpaired) electrons. The quantitative estimate of drug-likeness (QED) is 0.596. The van der Waals surface area contributed by atoms with Crippen LogP contribution in [0.2, 0.25) is 0 Å². The maximum Gasteiger partial charge on any atom is 0.335 e. The molecule has 1 aromatic heterocycles. The van der Waals surface area contributed by atoms with Crippen LogP contribution in [-0.2, 0) is 4.79 Å². The fourth-order valence-electron chi connectivity index (χ4n) is 2.97. The molecule has 0 fully saturated rings. The highest BCUT2D eigenvalue weighted by molar-refractivity contribution is 6.14. The zero-order valence-corrected chi connectivity index (χ0v) is 16.4. The van der Waals surface area contributed by atoms with Gasteiger partial charge in [-0.25, -0.2) is 9.78 Å². The minimum atomic E-state index is -1.05. The summed E-state index contributed by atoms with van der Waals surface area (Å²) in [4.78, 5) is 15.9. The van der Waals surface area contributed by atoms with Gasteiger partial charge in [0.2, 0.25) is 5.75 Å². The molecule has 1 N–H and O–H groups in total. The van der Waals surface area contributed by atoms with Gasteiger partial charge in [0.15, 0.2) is 11.5 Å². The number of rotatable bonds is 7. The Labute approximate surface area is 169 Å². The molecule has 0 aliphatic heterocycles. The molecule has 29 heavy (non-hydrogen) atoms. The predicted molar refractivity (Wildman–Crippen MR) is 111 cm³/mol. The lowest BCUT2D eigenvalue weighted by Gasteiger charge is -2.14. The Kier molecular flexibility index (Phi) is 5.83. The minimum absolute atomic E-state index is 0.0348. The first-order valence-electron chi connectivity index (χ1n) is 8.79. The maximum absolute atomic E-state index is 11.2. The van der Waals surface area contributed by atoms with Crippen LogP contribution in [0, 0.1) is 0 Å². The van der Waals surface area contributed by atoms with Gasteiger partial charge in [-0.1, -0.05) is 30.8 Å². The second-order valence-electron chi connectivity index (χ2n) is 6.19. The topological polar surface area (TPSA) is 77.9 Å². The third-order valence-corrected chi connectivity index (χ3v) is 4.47. The number of carboxylic acids is 1. The van der Waals surface area contributed by atoms with Gasteiger partial charge in [0, 0.05) is 11.1 Å². The lowest BCUT2D eigenvalue weighted by Crippen LogP contribution is -1.98. The first kappa shape index (κ1) is 19.9. The van der Waals surface area contributed by atoms with Crippen LogP contribution in [0.25, 0.3) is 28.1 Å². The number of hydrogen-bond donors (Lipinski definition) is 1. The van der Waals surface area contributed by atoms with E-state index in [-0.39, 0.29) is 5.57 Å². The number of nitrogens with zero attached hydrogens (tertiary/aromatic N) is 1. The summed E-state index contributed by atoms with van der Waals surface area (Å²) in [6.45, 7) is 3.62. The molecular weight excluding hydrogens is 370 g/mol. The molecule has 0 saturated carbocycles. The van der Waals surface area contributed by atoms with E-state index in [1.54, 1.807) is 39.5 Å². The number of aromatic nitrogens is 1. The molecule has 0 atom stereocenters. The van der Waals surface area contributed by atoms with E-state index in [2.05, 4.69) is 6.58 Å². The van der Waals surface area contributed by atoms with Crippen LogP contribution in [0.5, 0.6) is 17.2 Å². The second-order valence-corrected chi connectivity index (χ2v) is 6.19. The van der Waals surface area contributed by atoms with Crippen molar-refractivity contribution in [1.29, 1.82) is 0 Å². The highest BCUT2D eigenvalue weighted by Gasteiger charge is 2.15. The molecule has 0 aliphatic carbocycles. The van der Waals surface area contributed by atoms with Crippen LogP contribution in [0.1, 0.15) is 5.56 Å². The Balaban J connectivity index is 2.06. The number of pyridine rings is 1. The van der Waals surface area contributed by atoms with Crippen molar-refractivity contribution < 1.29 is 24.1 Å². The summed E-state index contributed by atoms with van der Waals surface area (Å²) in [7, 11) is 4.67. The fourth-order valence-corrected chi connectivity index (χ4v) is 2.97. The molecule has 0 unspecified atom stereocenters. The molecule has 0 amide bonds. The van der Waals surface area contributed by atoms with E-state index >= 15 is 0 Å². The normalized spacial score (nSPS) is 10.3. The van der Waals surface area contributed by atoms with Crippen LogP contribution in [0.15, 0.2) is 61.2 Å². The van der Waals surface area contributed by atoms with Crippen molar-refractivity contribution in [3.63, 3.8) is 0 Å². The minimum Gasteiger partial charge on any atom is -0.493 e. The summed E-state index contributed by atoms with van der Waals surface area (Å²) in [5.74, 6) is 0.527. The van der Waals surface area contributed by atoms with Crippen molar-refractivity contribution in [1.82, 2.24) is 4.98 Å². The summed E-state index contributed by atoms with van der Waals surface area (Å²) in [6, 6.07) is 16.4. The van der Waals surface area contributed by atoms with Gasteiger partial charge in [-0.15, -0.1) is 0 Å². The maximum atomic E-state index is 11.2. The van der Waals surface area contributed by atoms with E-state index in [1.807, 2.05) is 36.4 Å². The molecule has 1 heterocycles. The van der Waals surface area contributed by atoms with Crippen molar-refractivity contribution >= 4 is 11.5 Å². The molecule has 6 heteroatoms. The van der Waals surface area contributed by atoms with Crippen LogP contribution < -0.4 is 14.2 Å². The Hall–Kier alpha value is -3.80. The van der Waals surface area contributed by atoms with Gasteiger partial charge in [0.05, 0.1) is 38.3 Å². The van der Waals surface area contributed by atoms with Gasteiger partial charge in [-0.2, -0.15) is 0 Å². The molecule has 6 nitrogen and oxygen atoms in total. The van der Waals surface area contributed by atoms with Crippen molar-refractivity contribution in [3.8, 4) is 39.8 Å². The van der Waals surface area contributed by atoms with Gasteiger partial charge < -0.3 is 19.3 Å². The molecular formula is C23H21NO5. The molecule has 3 rings (SSSR count). The Morgan fingerprint density at radius 2 is 1.45 bits per heavy atom. The van der Waals surface area contributed by atoms with E-state index in [1.165, 1.54) is 0 Å². The molecule has 0 bridgehead atoms. The summed E-state index contributed by atoms with van der Waals surface area (Å²) >= 11 is 0. The first-order chi connectivity index (χ1) is 14.0. The van der Waals surface area contributed by atoms with Gasteiger partial charge in [-0.05, 0) is 35.9 Å². The second kappa shape index (κ2) is 8.48. The van der Waals surface area contributed by atoms with Gasteiger partial charge in [0.1, 0.15) is 0 Å². The summed E-state index contributed by atoms with van der Waals surface area (Å²) < 4.78 is 16.2. The average Bonchev–Trinajstić information content (AvgIpc) is 2.77. The number of hydrogen-bond acceptors (Lipinski definition) is 5. The van der Waals surface area contributed by atoms with Gasteiger partial charge in [0.25, 0.3) is 0 Å². The van der Waals surface area contributed by atoms with Gasteiger partial charge >= 0.3 is 5.97 Å². The molecule has 0 aliphatic rings. The molecule has 3 aromatic rings. The standard InChI is InChI=1S/C23H21NO5/c1-14(23(25)26)15-7-5-8-16(11-15)18-9-6-10-19(24-18)17-12-20(27-2)22(29-4)21(13-17)28-3/h5-13H,1H2,2-4H3,(H,25,26). The summed E-state index contributed by atoms with van der Waals surface area (Å²) in [5, 5.41) is 9.18. The number of carboxylic acid groups (broad SMARTS) is 1. The fraction of sp³-hybridized carbons (Fsp3) is 0.130. The number of carbonyl (C=O) groups is 1. The average molecular weight is 391 g/mol. The highest BCUT2D eigenvalue weighted by atomic mass is 16.5. The lowest BCUT2D eigenvalue weighted by molar-refractivity contribution is -0.130. The Morgan fingerprint density at radius 3 is 2.00 bits per heavy atom. The first-order valence-corrected chi connectivity index (χ1v) is 8.79. The van der Waals surface area contributed by atoms with Crippen LogP contribution in [0.4, 0.5) is 0 Å². The van der Waals surface area contributed by atoms with Gasteiger partial charge in [-0.3, -0.25) is 0 Å². The number of benzene rings is 2. The Morgan fingerprint density at radius 1 is 0.862 bits per heavy atom. The largest absolute Gasteiger partial charge is 0.493 e. The number of ether oxygens (including phenoxy) is 3. The van der Waals surface area contributed by atoms with E-state index < -0.39 is 5.97 Å². The zero-order chi connectivity index (χ0) is 21.0. The summed E-state index contributed by atoms with van der Waals surface area (Å²) in [6.07, 6.45) is 0. The predicted octanol–water partition coefficient (Wildman–Crippen LogP) is 4.54. The highest BCUT2D eigenvalue weighted by Crippen LogP contribution is 2.41. The van der Waals surface area contributed by atoms with Crippen LogP contribution >= 0.6 is 0 Å². The zero-order valence-electron chi connectivity index (χ0n) is 16.4.